The van der Waals surface area contributed by atoms with Gasteiger partial charge in [0.2, 0.25) is 0 Å². The normalized spacial score (nSPS) is 11.9. The van der Waals surface area contributed by atoms with Gasteiger partial charge in [-0.05, 0) is 23.9 Å². The molecule has 1 aromatic carbocycles. The first-order valence-electron chi connectivity index (χ1n) is 4.77. The molecule has 0 unspecified atom stereocenters. The highest BCUT2D eigenvalue weighted by atomic mass is 35.5. The molecule has 2 rings (SSSR count). The van der Waals surface area contributed by atoms with Gasteiger partial charge in [0.1, 0.15) is 5.75 Å². The quantitative estimate of drug-likeness (QED) is 0.866. The Kier molecular flexibility index (Phi) is 4.35. The van der Waals surface area contributed by atoms with Gasteiger partial charge in [0.05, 0.1) is 6.04 Å². The molecule has 2 aromatic rings. The molecule has 86 valence electrons. The number of para-hydroxylation sites is 1. The van der Waals surface area contributed by atoms with Crippen molar-refractivity contribution in [3.8, 4) is 5.75 Å². The summed E-state index contributed by atoms with van der Waals surface area (Å²) in [6.45, 7) is 1.87. The predicted molar refractivity (Wildman–Crippen MR) is 70.4 cm³/mol. The zero-order chi connectivity index (χ0) is 10.8. The largest absolute Gasteiger partial charge is 0.507 e. The fourth-order valence-corrected chi connectivity index (χ4v) is 2.30. The Labute approximate surface area is 105 Å². The van der Waals surface area contributed by atoms with Crippen LogP contribution in [0.5, 0.6) is 5.75 Å². The highest BCUT2D eigenvalue weighted by molar-refractivity contribution is 7.10. The molecule has 0 aliphatic heterocycles. The number of aryl methyl sites for hydroxylation is 1. The summed E-state index contributed by atoms with van der Waals surface area (Å²) in [4.78, 5) is 1.07. The van der Waals surface area contributed by atoms with Crippen LogP contribution in [0.25, 0.3) is 0 Å². The number of halogens is 1. The van der Waals surface area contributed by atoms with Gasteiger partial charge in [-0.3, -0.25) is 0 Å². The number of hydrogen-bond acceptors (Lipinski definition) is 3. The lowest BCUT2D eigenvalue weighted by molar-refractivity contribution is 0.461. The van der Waals surface area contributed by atoms with E-state index in [1.54, 1.807) is 11.3 Å². The molecule has 0 spiro atoms. The Hall–Kier alpha value is -1.03. The van der Waals surface area contributed by atoms with Crippen LogP contribution in [0, 0.1) is 6.92 Å². The number of phenolic OH excluding ortho intramolecular Hbond substituents is 1. The number of benzene rings is 1. The van der Waals surface area contributed by atoms with Gasteiger partial charge in [-0.1, -0.05) is 24.3 Å². The average molecular weight is 256 g/mol. The van der Waals surface area contributed by atoms with Crippen molar-refractivity contribution in [2.45, 2.75) is 13.0 Å². The van der Waals surface area contributed by atoms with Gasteiger partial charge in [-0.2, -0.15) is 0 Å². The molecule has 1 heterocycles. The molecule has 0 fully saturated rings. The minimum Gasteiger partial charge on any atom is -0.507 e. The molecule has 0 bridgehead atoms. The molecule has 2 nitrogen and oxygen atoms in total. The molecular formula is C12H14ClNOS. The lowest BCUT2D eigenvalue weighted by Gasteiger charge is -2.13. The van der Waals surface area contributed by atoms with E-state index in [1.165, 1.54) is 0 Å². The van der Waals surface area contributed by atoms with E-state index in [4.69, 9.17) is 5.73 Å². The molecule has 3 N–H and O–H groups in total. The number of rotatable bonds is 2. The molecule has 0 aliphatic carbocycles. The maximum atomic E-state index is 9.89. The second-order valence-electron chi connectivity index (χ2n) is 3.51. The van der Waals surface area contributed by atoms with Gasteiger partial charge >= 0.3 is 0 Å². The van der Waals surface area contributed by atoms with Crippen molar-refractivity contribution in [3.63, 3.8) is 0 Å². The van der Waals surface area contributed by atoms with Crippen molar-refractivity contribution in [1.82, 2.24) is 0 Å². The molecule has 1 atom stereocenters. The van der Waals surface area contributed by atoms with Gasteiger partial charge in [0, 0.05) is 10.4 Å². The van der Waals surface area contributed by atoms with Gasteiger partial charge in [-0.15, -0.1) is 23.7 Å². The summed E-state index contributed by atoms with van der Waals surface area (Å²) in [7, 11) is 0. The maximum absolute atomic E-state index is 9.89. The number of thiophene rings is 1. The summed E-state index contributed by atoms with van der Waals surface area (Å²) in [6.07, 6.45) is 0. The standard InChI is InChI=1S/C12H13NOS.ClH/c1-8-4-2-5-9(12(8)14)11(13)10-6-3-7-15-10;/h2-7,11,14H,13H2,1H3;1H/t11-;/m0./s1. The van der Waals surface area contributed by atoms with Crippen molar-refractivity contribution in [1.29, 1.82) is 0 Å². The topological polar surface area (TPSA) is 46.2 Å². The summed E-state index contributed by atoms with van der Waals surface area (Å²) in [5.74, 6) is 0.304. The zero-order valence-corrected chi connectivity index (χ0v) is 10.5. The zero-order valence-electron chi connectivity index (χ0n) is 8.88. The Morgan fingerprint density at radius 3 is 2.62 bits per heavy atom. The van der Waals surface area contributed by atoms with Crippen LogP contribution in [0.2, 0.25) is 0 Å². The number of nitrogens with two attached hydrogens (primary N) is 1. The summed E-state index contributed by atoms with van der Waals surface area (Å²) in [5.41, 5.74) is 7.73. The lowest BCUT2D eigenvalue weighted by Crippen LogP contribution is -2.10. The van der Waals surface area contributed by atoms with Gasteiger partial charge in [0.25, 0.3) is 0 Å². The summed E-state index contributed by atoms with van der Waals surface area (Å²) in [5, 5.41) is 11.9. The highest BCUT2D eigenvalue weighted by Gasteiger charge is 2.14. The maximum Gasteiger partial charge on any atom is 0.123 e. The van der Waals surface area contributed by atoms with Crippen LogP contribution < -0.4 is 5.73 Å². The van der Waals surface area contributed by atoms with Gasteiger partial charge in [-0.25, -0.2) is 0 Å². The number of aromatic hydroxyl groups is 1. The van der Waals surface area contributed by atoms with E-state index in [2.05, 4.69) is 0 Å². The smallest absolute Gasteiger partial charge is 0.123 e. The minimum absolute atomic E-state index is 0. The van der Waals surface area contributed by atoms with E-state index >= 15 is 0 Å². The Morgan fingerprint density at radius 1 is 1.25 bits per heavy atom. The first-order chi connectivity index (χ1) is 7.20. The van der Waals surface area contributed by atoms with Crippen LogP contribution in [0.3, 0.4) is 0 Å². The third-order valence-electron chi connectivity index (χ3n) is 2.45. The summed E-state index contributed by atoms with van der Waals surface area (Å²) >= 11 is 1.60. The Bertz CT molecular complexity index is 456. The predicted octanol–water partition coefficient (Wildman–Crippen LogP) is 3.23. The Balaban J connectivity index is 0.00000128. The summed E-state index contributed by atoms with van der Waals surface area (Å²) in [6, 6.07) is 9.37. The van der Waals surface area contributed by atoms with Crippen molar-refractivity contribution < 1.29 is 5.11 Å². The number of phenols is 1. The van der Waals surface area contributed by atoms with Crippen LogP contribution >= 0.6 is 23.7 Å². The molecule has 0 amide bonds. The van der Waals surface area contributed by atoms with Crippen LogP contribution in [-0.4, -0.2) is 5.11 Å². The molecule has 16 heavy (non-hydrogen) atoms. The fraction of sp³-hybridized carbons (Fsp3) is 0.167. The molecule has 0 saturated heterocycles. The molecule has 0 saturated carbocycles. The van der Waals surface area contributed by atoms with Crippen molar-refractivity contribution in [3.05, 3.63) is 51.7 Å². The van der Waals surface area contributed by atoms with Crippen LogP contribution in [-0.2, 0) is 0 Å². The average Bonchev–Trinajstić information content (AvgIpc) is 2.74. The van der Waals surface area contributed by atoms with E-state index in [0.29, 0.717) is 5.75 Å². The Morgan fingerprint density at radius 2 is 2.00 bits per heavy atom. The van der Waals surface area contributed by atoms with Crippen LogP contribution in [0.1, 0.15) is 22.0 Å². The van der Waals surface area contributed by atoms with E-state index in [-0.39, 0.29) is 18.4 Å². The summed E-state index contributed by atoms with van der Waals surface area (Å²) < 4.78 is 0. The van der Waals surface area contributed by atoms with Gasteiger partial charge < -0.3 is 10.8 Å². The molecule has 0 aliphatic rings. The highest BCUT2D eigenvalue weighted by Crippen LogP contribution is 2.31. The SMILES string of the molecule is Cc1cccc([C@H](N)c2cccs2)c1O.Cl. The molecule has 4 heteroatoms. The van der Waals surface area contributed by atoms with Crippen molar-refractivity contribution in [2.75, 3.05) is 0 Å². The van der Waals surface area contributed by atoms with Crippen molar-refractivity contribution >= 4 is 23.7 Å². The fourth-order valence-electron chi connectivity index (χ4n) is 1.55. The monoisotopic (exact) mass is 255 g/mol. The van der Waals surface area contributed by atoms with Crippen LogP contribution in [0.15, 0.2) is 35.7 Å². The third-order valence-corrected chi connectivity index (χ3v) is 3.41. The second kappa shape index (κ2) is 5.34. The number of hydrogen-bond donors (Lipinski definition) is 2. The van der Waals surface area contributed by atoms with Gasteiger partial charge in [0.15, 0.2) is 0 Å². The van der Waals surface area contributed by atoms with E-state index in [0.717, 1.165) is 16.0 Å². The second-order valence-corrected chi connectivity index (χ2v) is 4.49. The van der Waals surface area contributed by atoms with E-state index in [9.17, 15) is 5.11 Å². The molecule has 1 aromatic heterocycles. The van der Waals surface area contributed by atoms with E-state index < -0.39 is 0 Å². The van der Waals surface area contributed by atoms with Crippen molar-refractivity contribution in [2.24, 2.45) is 5.73 Å². The minimum atomic E-state index is -0.232. The third kappa shape index (κ3) is 2.38. The van der Waals surface area contributed by atoms with Crippen LogP contribution in [0.4, 0.5) is 0 Å². The first-order valence-corrected chi connectivity index (χ1v) is 5.65. The van der Waals surface area contributed by atoms with E-state index in [1.807, 2.05) is 42.6 Å². The lowest BCUT2D eigenvalue weighted by atomic mass is 10.0. The first kappa shape index (κ1) is 13.0. The molecular weight excluding hydrogens is 242 g/mol. The molecule has 0 radical (unpaired) electrons.